The van der Waals surface area contributed by atoms with E-state index < -0.39 is 0 Å². The number of thiophene rings is 1. The number of fused-ring (bicyclic) bond motifs is 3. The van der Waals surface area contributed by atoms with Crippen molar-refractivity contribution in [2.45, 2.75) is 37.8 Å². The Morgan fingerprint density at radius 1 is 1.14 bits per heavy atom. The van der Waals surface area contributed by atoms with Gasteiger partial charge in [-0.1, -0.05) is 12.1 Å². The van der Waals surface area contributed by atoms with Crippen LogP contribution in [0.3, 0.4) is 0 Å². The van der Waals surface area contributed by atoms with E-state index in [2.05, 4.69) is 40.5 Å². The van der Waals surface area contributed by atoms with E-state index in [9.17, 15) is 0 Å². The molecule has 1 aromatic heterocycles. The Morgan fingerprint density at radius 3 is 2.86 bits per heavy atom. The van der Waals surface area contributed by atoms with Crippen LogP contribution >= 0.6 is 11.3 Å². The van der Waals surface area contributed by atoms with Gasteiger partial charge < -0.3 is 5.43 Å². The first-order valence-corrected chi connectivity index (χ1v) is 8.81. The fourth-order valence-electron chi connectivity index (χ4n) is 4.40. The fraction of sp³-hybridized carbons (Fsp3) is 0.471. The van der Waals surface area contributed by atoms with Crippen molar-refractivity contribution in [2.24, 2.45) is 16.8 Å². The SMILES string of the molecule is c1cc2ccc(C3=NC4(CC5CCC4CC5)NN3)cc2s1. The predicted molar refractivity (Wildman–Crippen MR) is 87.4 cm³/mol. The Morgan fingerprint density at radius 2 is 2.05 bits per heavy atom. The number of hydrogen-bond donors (Lipinski definition) is 2. The summed E-state index contributed by atoms with van der Waals surface area (Å²) in [5.41, 5.74) is 8.10. The molecule has 1 aliphatic heterocycles. The largest absolute Gasteiger partial charge is 0.303 e. The van der Waals surface area contributed by atoms with Gasteiger partial charge in [0.15, 0.2) is 0 Å². The highest BCUT2D eigenvalue weighted by Gasteiger charge is 2.49. The quantitative estimate of drug-likeness (QED) is 0.842. The monoisotopic (exact) mass is 297 g/mol. The normalized spacial score (nSPS) is 34.4. The molecule has 6 rings (SSSR count). The molecule has 0 radical (unpaired) electrons. The maximum Gasteiger partial charge on any atom is 0.144 e. The zero-order valence-electron chi connectivity index (χ0n) is 11.9. The van der Waals surface area contributed by atoms with Crippen LogP contribution < -0.4 is 10.9 Å². The first-order chi connectivity index (χ1) is 10.3. The molecule has 1 spiro atoms. The summed E-state index contributed by atoms with van der Waals surface area (Å²) in [5, 5.41) is 3.47. The summed E-state index contributed by atoms with van der Waals surface area (Å²) in [5.74, 6) is 2.60. The Balaban J connectivity index is 1.53. The number of aliphatic imine (C=N–C) groups is 1. The van der Waals surface area contributed by atoms with Gasteiger partial charge in [0.2, 0.25) is 0 Å². The van der Waals surface area contributed by atoms with Crippen LogP contribution in [0.25, 0.3) is 10.1 Å². The topological polar surface area (TPSA) is 36.4 Å². The lowest BCUT2D eigenvalue weighted by atomic mass is 9.65. The van der Waals surface area contributed by atoms with Gasteiger partial charge in [0, 0.05) is 10.3 Å². The Bertz CT molecular complexity index is 726. The molecule has 3 nitrogen and oxygen atoms in total. The van der Waals surface area contributed by atoms with E-state index in [1.165, 1.54) is 47.8 Å². The molecule has 2 N–H and O–H groups in total. The minimum atomic E-state index is -0.0269. The van der Waals surface area contributed by atoms with Crippen LogP contribution in [0.5, 0.6) is 0 Å². The number of benzene rings is 1. The zero-order valence-corrected chi connectivity index (χ0v) is 12.7. The van der Waals surface area contributed by atoms with Crippen LogP contribution in [-0.2, 0) is 0 Å². The molecule has 1 aromatic carbocycles. The molecule has 4 heteroatoms. The maximum absolute atomic E-state index is 5.12. The third kappa shape index (κ3) is 1.79. The van der Waals surface area contributed by atoms with E-state index in [-0.39, 0.29) is 5.66 Å². The molecule has 4 aliphatic rings. The second-order valence-corrected chi connectivity index (χ2v) is 7.68. The van der Waals surface area contributed by atoms with E-state index in [4.69, 9.17) is 4.99 Å². The van der Waals surface area contributed by atoms with Crippen LogP contribution in [0.1, 0.15) is 37.7 Å². The van der Waals surface area contributed by atoms with Gasteiger partial charge in [-0.05, 0) is 66.8 Å². The Kier molecular flexibility index (Phi) is 2.50. The highest BCUT2D eigenvalue weighted by molar-refractivity contribution is 7.17. The lowest BCUT2D eigenvalue weighted by molar-refractivity contribution is 0.0506. The first-order valence-electron chi connectivity index (χ1n) is 7.93. The summed E-state index contributed by atoms with van der Waals surface area (Å²) < 4.78 is 1.34. The van der Waals surface area contributed by atoms with Gasteiger partial charge in [-0.2, -0.15) is 0 Å². The molecule has 1 unspecified atom stereocenters. The molecule has 1 atom stereocenters. The number of nitrogens with one attached hydrogen (secondary N) is 2. The van der Waals surface area contributed by atoms with E-state index >= 15 is 0 Å². The molecule has 108 valence electrons. The van der Waals surface area contributed by atoms with Gasteiger partial charge in [-0.15, -0.1) is 11.3 Å². The van der Waals surface area contributed by atoms with Gasteiger partial charge in [-0.3, -0.25) is 0 Å². The molecule has 2 bridgehead atoms. The first kappa shape index (κ1) is 12.2. The van der Waals surface area contributed by atoms with E-state index in [0.29, 0.717) is 5.92 Å². The Hall–Kier alpha value is -1.39. The second-order valence-electron chi connectivity index (χ2n) is 6.73. The number of nitrogens with zero attached hydrogens (tertiary/aromatic N) is 1. The summed E-state index contributed by atoms with van der Waals surface area (Å²) in [6.45, 7) is 0. The average Bonchev–Trinajstić information content (AvgIpc) is 3.15. The average molecular weight is 297 g/mol. The number of rotatable bonds is 1. The molecule has 21 heavy (non-hydrogen) atoms. The van der Waals surface area contributed by atoms with Crippen LogP contribution in [0.2, 0.25) is 0 Å². The molecule has 2 aromatic rings. The van der Waals surface area contributed by atoms with Crippen molar-refractivity contribution < 1.29 is 0 Å². The van der Waals surface area contributed by atoms with E-state index in [0.717, 1.165) is 11.8 Å². The van der Waals surface area contributed by atoms with Crippen LogP contribution in [-0.4, -0.2) is 11.5 Å². The van der Waals surface area contributed by atoms with Crippen molar-refractivity contribution >= 4 is 27.3 Å². The standard InChI is InChI=1S/C17H19N3S/c1-5-14-6-2-11(1)10-17(14)18-16(19-20-17)13-4-3-12-7-8-21-15(12)9-13/h3-4,7-9,11,14,20H,1-2,5-6,10H2,(H,18,19). The lowest BCUT2D eigenvalue weighted by Gasteiger charge is -2.47. The molecule has 2 heterocycles. The van der Waals surface area contributed by atoms with Gasteiger partial charge >= 0.3 is 0 Å². The molecule has 3 aliphatic carbocycles. The molecule has 3 saturated carbocycles. The van der Waals surface area contributed by atoms with Crippen molar-refractivity contribution in [3.63, 3.8) is 0 Å². The highest BCUT2D eigenvalue weighted by Crippen LogP contribution is 2.48. The highest BCUT2D eigenvalue weighted by atomic mass is 32.1. The third-order valence-corrected chi connectivity index (χ3v) is 6.44. The van der Waals surface area contributed by atoms with Crippen LogP contribution in [0, 0.1) is 11.8 Å². The number of hydrazine groups is 1. The summed E-state index contributed by atoms with van der Waals surface area (Å²) >= 11 is 1.80. The number of amidine groups is 1. The van der Waals surface area contributed by atoms with Crippen molar-refractivity contribution in [3.05, 3.63) is 35.2 Å². The summed E-state index contributed by atoms with van der Waals surface area (Å²) in [6.07, 6.45) is 6.68. The van der Waals surface area contributed by atoms with Crippen molar-refractivity contribution in [2.75, 3.05) is 0 Å². The summed E-state index contributed by atoms with van der Waals surface area (Å²) in [7, 11) is 0. The minimum Gasteiger partial charge on any atom is -0.303 e. The van der Waals surface area contributed by atoms with Gasteiger partial charge in [0.25, 0.3) is 0 Å². The smallest absolute Gasteiger partial charge is 0.144 e. The predicted octanol–water partition coefficient (Wildman–Crippen LogP) is 3.66. The third-order valence-electron chi connectivity index (χ3n) is 5.56. The number of hydrogen-bond acceptors (Lipinski definition) is 4. The molecule has 0 amide bonds. The fourth-order valence-corrected chi connectivity index (χ4v) is 5.23. The van der Waals surface area contributed by atoms with Crippen molar-refractivity contribution in [1.29, 1.82) is 0 Å². The van der Waals surface area contributed by atoms with Gasteiger partial charge in [0.1, 0.15) is 11.5 Å². The van der Waals surface area contributed by atoms with Crippen LogP contribution in [0.15, 0.2) is 34.6 Å². The second kappa shape index (κ2) is 4.31. The summed E-state index contributed by atoms with van der Waals surface area (Å²) in [6, 6.07) is 8.81. The maximum atomic E-state index is 5.12. The molecular weight excluding hydrogens is 278 g/mol. The molecule has 0 saturated heterocycles. The lowest BCUT2D eigenvalue weighted by Crippen LogP contribution is -2.56. The van der Waals surface area contributed by atoms with Gasteiger partial charge in [-0.25, -0.2) is 10.4 Å². The van der Waals surface area contributed by atoms with Gasteiger partial charge in [0.05, 0.1) is 0 Å². The van der Waals surface area contributed by atoms with E-state index in [1.807, 2.05) is 0 Å². The molecule has 3 fully saturated rings. The molecular formula is C17H19N3S. The zero-order chi connectivity index (χ0) is 13.9. The Labute approximate surface area is 128 Å². The summed E-state index contributed by atoms with van der Waals surface area (Å²) in [4.78, 5) is 5.12. The van der Waals surface area contributed by atoms with Crippen molar-refractivity contribution in [1.82, 2.24) is 10.9 Å². The minimum absolute atomic E-state index is 0.0269. The van der Waals surface area contributed by atoms with Crippen LogP contribution in [0.4, 0.5) is 0 Å². The van der Waals surface area contributed by atoms with E-state index in [1.54, 1.807) is 11.3 Å². The van der Waals surface area contributed by atoms with Crippen molar-refractivity contribution in [3.8, 4) is 0 Å².